The molecule has 0 fully saturated rings. The lowest BCUT2D eigenvalue weighted by Crippen LogP contribution is -2.20. The van der Waals surface area contributed by atoms with E-state index in [2.05, 4.69) is 15.6 Å². The summed E-state index contributed by atoms with van der Waals surface area (Å²) in [6, 6.07) is 8.78. The van der Waals surface area contributed by atoms with Gasteiger partial charge in [-0.05, 0) is 49.4 Å². The minimum absolute atomic E-state index is 0.102. The summed E-state index contributed by atoms with van der Waals surface area (Å²) in [5, 5.41) is 6.16. The molecule has 5 nitrogen and oxygen atoms in total. The average Bonchev–Trinajstić information content (AvgIpc) is 2.60. The zero-order valence-corrected chi connectivity index (χ0v) is 15.6. The van der Waals surface area contributed by atoms with Crippen molar-refractivity contribution >= 4 is 39.9 Å². The van der Waals surface area contributed by atoms with E-state index in [9.17, 15) is 18.0 Å². The van der Waals surface area contributed by atoms with Gasteiger partial charge in [0, 0.05) is 16.1 Å². The van der Waals surface area contributed by atoms with Crippen LogP contribution in [0.15, 0.2) is 42.5 Å². The van der Waals surface area contributed by atoms with Gasteiger partial charge in [-0.25, -0.2) is 4.79 Å². The van der Waals surface area contributed by atoms with Crippen LogP contribution in [0.3, 0.4) is 0 Å². The monoisotopic (exact) mass is 409 g/mol. The van der Waals surface area contributed by atoms with E-state index in [0.717, 1.165) is 18.2 Å². The fourth-order valence-electron chi connectivity index (χ4n) is 2.70. The number of amides is 2. The van der Waals surface area contributed by atoms with E-state index in [1.807, 2.05) is 0 Å². The van der Waals surface area contributed by atoms with Crippen LogP contribution in [0.5, 0.6) is 5.75 Å². The number of anilines is 2. The molecule has 1 heterocycles. The van der Waals surface area contributed by atoms with E-state index in [4.69, 9.17) is 16.3 Å². The van der Waals surface area contributed by atoms with Crippen LogP contribution in [0, 0.1) is 6.92 Å². The fourth-order valence-corrected chi connectivity index (χ4v) is 2.86. The van der Waals surface area contributed by atoms with Gasteiger partial charge >= 0.3 is 12.2 Å². The van der Waals surface area contributed by atoms with Crippen LogP contribution in [-0.2, 0) is 6.18 Å². The number of ether oxygens (including phenoxy) is 1. The van der Waals surface area contributed by atoms with Crippen molar-refractivity contribution in [3.05, 3.63) is 58.7 Å². The first-order valence-corrected chi connectivity index (χ1v) is 8.45. The van der Waals surface area contributed by atoms with Crippen molar-refractivity contribution in [2.75, 3.05) is 17.7 Å². The Morgan fingerprint density at radius 3 is 2.46 bits per heavy atom. The van der Waals surface area contributed by atoms with Crippen molar-refractivity contribution in [2.45, 2.75) is 13.1 Å². The van der Waals surface area contributed by atoms with E-state index in [-0.39, 0.29) is 11.4 Å². The predicted molar refractivity (Wildman–Crippen MR) is 102 cm³/mol. The molecule has 3 rings (SSSR count). The van der Waals surface area contributed by atoms with Crippen LogP contribution in [0.2, 0.25) is 5.02 Å². The summed E-state index contributed by atoms with van der Waals surface area (Å²) in [6.45, 7) is 1.75. The molecule has 2 aromatic carbocycles. The smallest absolute Gasteiger partial charge is 0.416 e. The molecule has 0 unspecified atom stereocenters. The lowest BCUT2D eigenvalue weighted by atomic mass is 10.1. The van der Waals surface area contributed by atoms with Crippen molar-refractivity contribution in [1.29, 1.82) is 0 Å². The summed E-state index contributed by atoms with van der Waals surface area (Å²) in [7, 11) is 1.30. The van der Waals surface area contributed by atoms with Crippen molar-refractivity contribution in [3.63, 3.8) is 0 Å². The van der Waals surface area contributed by atoms with Gasteiger partial charge in [0.15, 0.2) is 0 Å². The Hall–Kier alpha value is -3.00. The molecule has 28 heavy (non-hydrogen) atoms. The van der Waals surface area contributed by atoms with Crippen LogP contribution in [0.4, 0.5) is 29.3 Å². The minimum atomic E-state index is -4.54. The third-order valence-corrected chi connectivity index (χ3v) is 4.16. The molecule has 0 aliphatic carbocycles. The van der Waals surface area contributed by atoms with Gasteiger partial charge in [0.25, 0.3) is 0 Å². The second kappa shape index (κ2) is 7.55. The molecule has 0 aliphatic heterocycles. The molecule has 0 spiro atoms. The zero-order chi connectivity index (χ0) is 20.5. The largest absolute Gasteiger partial charge is 0.495 e. The highest BCUT2D eigenvalue weighted by Crippen LogP contribution is 2.35. The van der Waals surface area contributed by atoms with Crippen LogP contribution in [0.1, 0.15) is 11.3 Å². The molecular formula is C19H15ClF3N3O2. The number of carbonyl (C=O) groups excluding carboxylic acids is 1. The number of alkyl halides is 3. The normalized spacial score (nSPS) is 11.4. The maximum atomic E-state index is 13.0. The number of nitrogens with zero attached hydrogens (tertiary/aromatic N) is 1. The fraction of sp³-hybridized carbons (Fsp3) is 0.158. The summed E-state index contributed by atoms with van der Waals surface area (Å²) in [6.07, 6.45) is -4.54. The van der Waals surface area contributed by atoms with Gasteiger partial charge in [0.1, 0.15) is 5.75 Å². The van der Waals surface area contributed by atoms with Crippen LogP contribution in [-0.4, -0.2) is 18.1 Å². The number of rotatable bonds is 3. The van der Waals surface area contributed by atoms with E-state index < -0.39 is 17.8 Å². The van der Waals surface area contributed by atoms with Gasteiger partial charge in [0.05, 0.1) is 29.6 Å². The summed E-state index contributed by atoms with van der Waals surface area (Å²) in [5.74, 6) is 0.102. The summed E-state index contributed by atoms with van der Waals surface area (Å²) >= 11 is 5.98. The Kier molecular flexibility index (Phi) is 5.33. The quantitative estimate of drug-likeness (QED) is 0.568. The number of hydrogen-bond acceptors (Lipinski definition) is 3. The number of pyridine rings is 1. The Labute approximate surface area is 163 Å². The van der Waals surface area contributed by atoms with Gasteiger partial charge in [-0.1, -0.05) is 11.6 Å². The minimum Gasteiger partial charge on any atom is -0.495 e. The third-order valence-electron chi connectivity index (χ3n) is 3.92. The van der Waals surface area contributed by atoms with Gasteiger partial charge in [-0.3, -0.25) is 4.98 Å². The molecule has 2 amide bonds. The molecule has 146 valence electrons. The van der Waals surface area contributed by atoms with Crippen LogP contribution < -0.4 is 15.4 Å². The first-order chi connectivity index (χ1) is 13.2. The number of methoxy groups -OCH3 is 1. The third kappa shape index (κ3) is 4.28. The van der Waals surface area contributed by atoms with Crippen molar-refractivity contribution < 1.29 is 22.7 Å². The average molecular weight is 410 g/mol. The first-order valence-electron chi connectivity index (χ1n) is 8.07. The summed E-state index contributed by atoms with van der Waals surface area (Å²) < 4.78 is 43.9. The molecular weight excluding hydrogens is 395 g/mol. The van der Waals surface area contributed by atoms with Crippen LogP contribution in [0.25, 0.3) is 10.9 Å². The maximum absolute atomic E-state index is 13.0. The highest BCUT2D eigenvalue weighted by atomic mass is 35.5. The number of carbonyl (C=O) groups is 1. The molecule has 0 radical (unpaired) electrons. The molecule has 9 heteroatoms. The van der Waals surface area contributed by atoms with Crippen molar-refractivity contribution in [2.24, 2.45) is 0 Å². The second-order valence-electron chi connectivity index (χ2n) is 5.96. The maximum Gasteiger partial charge on any atom is 0.416 e. The second-order valence-corrected chi connectivity index (χ2v) is 6.40. The Morgan fingerprint density at radius 1 is 1.07 bits per heavy atom. The molecule has 0 atom stereocenters. The first kappa shape index (κ1) is 19.8. The van der Waals surface area contributed by atoms with Crippen LogP contribution >= 0.6 is 11.6 Å². The molecule has 0 saturated heterocycles. The number of benzene rings is 2. The highest BCUT2D eigenvalue weighted by molar-refractivity contribution is 6.31. The predicted octanol–water partition coefficient (Wildman–Crippen LogP) is 5.87. The van der Waals surface area contributed by atoms with Gasteiger partial charge in [-0.2, -0.15) is 13.2 Å². The Bertz CT molecular complexity index is 1050. The highest BCUT2D eigenvalue weighted by Gasteiger charge is 2.31. The molecule has 3 aromatic rings. The lowest BCUT2D eigenvalue weighted by molar-refractivity contribution is -0.137. The Morgan fingerprint density at radius 2 is 1.79 bits per heavy atom. The number of fused-ring (bicyclic) bond motifs is 1. The SMILES string of the molecule is COc1ccc(C(F)(F)F)cc1NC(=O)Nc1cc(C)nc2cc(Cl)ccc12. The van der Waals surface area contributed by atoms with E-state index in [1.54, 1.807) is 31.2 Å². The van der Waals surface area contributed by atoms with Gasteiger partial charge in [0.2, 0.25) is 0 Å². The number of urea groups is 1. The van der Waals surface area contributed by atoms with E-state index in [0.29, 0.717) is 27.3 Å². The number of aromatic nitrogens is 1. The van der Waals surface area contributed by atoms with Crippen molar-refractivity contribution in [1.82, 2.24) is 4.98 Å². The molecule has 1 aromatic heterocycles. The molecule has 0 bridgehead atoms. The number of hydrogen-bond donors (Lipinski definition) is 2. The van der Waals surface area contributed by atoms with E-state index in [1.165, 1.54) is 7.11 Å². The standard InChI is InChI=1S/C19H15ClF3N3O2/c1-10-7-14(13-5-4-12(20)9-15(13)24-10)25-18(27)26-16-8-11(19(21,22)23)3-6-17(16)28-2/h3-9H,1-2H3,(H2,24,25,26,27). The van der Waals surface area contributed by atoms with Gasteiger partial charge < -0.3 is 15.4 Å². The molecule has 0 saturated carbocycles. The Balaban J connectivity index is 1.90. The lowest BCUT2D eigenvalue weighted by Gasteiger charge is -2.15. The molecule has 2 N–H and O–H groups in total. The summed E-state index contributed by atoms with van der Waals surface area (Å²) in [4.78, 5) is 16.8. The zero-order valence-electron chi connectivity index (χ0n) is 14.8. The molecule has 0 aliphatic rings. The topological polar surface area (TPSA) is 63.2 Å². The van der Waals surface area contributed by atoms with Crippen molar-refractivity contribution in [3.8, 4) is 5.75 Å². The van der Waals surface area contributed by atoms with E-state index >= 15 is 0 Å². The number of aryl methyl sites for hydroxylation is 1. The summed E-state index contributed by atoms with van der Waals surface area (Å²) in [5.41, 5.74) is 0.667. The number of halogens is 4. The number of nitrogens with one attached hydrogen (secondary N) is 2. The van der Waals surface area contributed by atoms with Gasteiger partial charge in [-0.15, -0.1) is 0 Å².